The normalized spacial score (nSPS) is 23.5. The standard InChI is InChI=1S/C13H20N2O2S2/c1-2-18-13-5-3-4-12(13)15-10-6-8-11(9-7-10)19(14,16)17/h6-9,12-13,15H,2-5H2,1H3,(H2,14,16,17). The fraction of sp³-hybridized carbons (Fsp3) is 0.538. The minimum Gasteiger partial charge on any atom is -0.381 e. The molecule has 6 heteroatoms. The van der Waals surface area contributed by atoms with Crippen LogP contribution in [0, 0.1) is 0 Å². The zero-order chi connectivity index (χ0) is 13.9. The molecule has 1 aromatic carbocycles. The molecular weight excluding hydrogens is 280 g/mol. The summed E-state index contributed by atoms with van der Waals surface area (Å²) in [6, 6.07) is 7.14. The molecule has 19 heavy (non-hydrogen) atoms. The van der Waals surface area contributed by atoms with Gasteiger partial charge in [-0.1, -0.05) is 13.3 Å². The van der Waals surface area contributed by atoms with Gasteiger partial charge in [0, 0.05) is 17.0 Å². The summed E-state index contributed by atoms with van der Waals surface area (Å²) < 4.78 is 22.4. The molecule has 0 radical (unpaired) electrons. The van der Waals surface area contributed by atoms with E-state index in [1.165, 1.54) is 19.3 Å². The first-order valence-electron chi connectivity index (χ1n) is 6.51. The fourth-order valence-corrected chi connectivity index (χ4v) is 4.17. The zero-order valence-corrected chi connectivity index (χ0v) is 12.6. The lowest BCUT2D eigenvalue weighted by atomic mass is 10.2. The van der Waals surface area contributed by atoms with Gasteiger partial charge in [-0.3, -0.25) is 0 Å². The number of primary sulfonamides is 1. The molecule has 2 atom stereocenters. The van der Waals surface area contributed by atoms with Crippen LogP contribution in [0.25, 0.3) is 0 Å². The van der Waals surface area contributed by atoms with Gasteiger partial charge in [-0.2, -0.15) is 11.8 Å². The molecule has 0 heterocycles. The third-order valence-electron chi connectivity index (χ3n) is 3.37. The Morgan fingerprint density at radius 1 is 1.32 bits per heavy atom. The summed E-state index contributed by atoms with van der Waals surface area (Å²) >= 11 is 2.00. The van der Waals surface area contributed by atoms with Crippen molar-refractivity contribution in [2.24, 2.45) is 5.14 Å². The third-order valence-corrected chi connectivity index (χ3v) is 5.62. The smallest absolute Gasteiger partial charge is 0.238 e. The molecule has 1 aliphatic carbocycles. The molecule has 0 saturated heterocycles. The predicted molar refractivity (Wildman–Crippen MR) is 81.0 cm³/mol. The number of nitrogens with one attached hydrogen (secondary N) is 1. The van der Waals surface area contributed by atoms with E-state index in [4.69, 9.17) is 5.14 Å². The van der Waals surface area contributed by atoms with Gasteiger partial charge in [-0.15, -0.1) is 0 Å². The molecule has 106 valence electrons. The highest BCUT2D eigenvalue weighted by molar-refractivity contribution is 7.99. The highest BCUT2D eigenvalue weighted by Gasteiger charge is 2.26. The van der Waals surface area contributed by atoms with Crippen LogP contribution in [0.3, 0.4) is 0 Å². The Labute approximate surface area is 119 Å². The van der Waals surface area contributed by atoms with Gasteiger partial charge in [-0.25, -0.2) is 13.6 Å². The summed E-state index contributed by atoms with van der Waals surface area (Å²) in [5.41, 5.74) is 0.959. The van der Waals surface area contributed by atoms with Crippen molar-refractivity contribution in [1.29, 1.82) is 0 Å². The third kappa shape index (κ3) is 3.87. The number of sulfonamides is 1. The van der Waals surface area contributed by atoms with Crippen LogP contribution in [0.2, 0.25) is 0 Å². The summed E-state index contributed by atoms with van der Waals surface area (Å²) in [7, 11) is -3.60. The number of thioether (sulfide) groups is 1. The second-order valence-corrected chi connectivity index (χ2v) is 7.82. The van der Waals surface area contributed by atoms with Crippen LogP contribution >= 0.6 is 11.8 Å². The first-order chi connectivity index (χ1) is 9.00. The maximum absolute atomic E-state index is 11.2. The summed E-state index contributed by atoms with van der Waals surface area (Å²) in [4.78, 5) is 0.156. The van der Waals surface area contributed by atoms with Crippen LogP contribution in [0.15, 0.2) is 29.2 Å². The maximum atomic E-state index is 11.2. The van der Waals surface area contributed by atoms with Crippen molar-refractivity contribution in [2.45, 2.75) is 42.4 Å². The van der Waals surface area contributed by atoms with Crippen molar-refractivity contribution in [2.75, 3.05) is 11.1 Å². The van der Waals surface area contributed by atoms with Gasteiger partial charge < -0.3 is 5.32 Å². The van der Waals surface area contributed by atoms with Gasteiger partial charge in [0.15, 0.2) is 0 Å². The monoisotopic (exact) mass is 300 g/mol. The van der Waals surface area contributed by atoms with Crippen molar-refractivity contribution < 1.29 is 8.42 Å². The van der Waals surface area contributed by atoms with E-state index in [9.17, 15) is 8.42 Å². The molecule has 0 amide bonds. The van der Waals surface area contributed by atoms with Gasteiger partial charge in [-0.05, 0) is 42.9 Å². The largest absolute Gasteiger partial charge is 0.381 e. The number of anilines is 1. The van der Waals surface area contributed by atoms with Crippen molar-refractivity contribution in [3.63, 3.8) is 0 Å². The molecule has 0 bridgehead atoms. The lowest BCUT2D eigenvalue weighted by molar-refractivity contribution is 0.598. The Kier molecular flexibility index (Phi) is 4.76. The van der Waals surface area contributed by atoms with Crippen LogP contribution in [0.1, 0.15) is 26.2 Å². The highest BCUT2D eigenvalue weighted by atomic mass is 32.2. The van der Waals surface area contributed by atoms with Gasteiger partial charge in [0.2, 0.25) is 10.0 Å². The van der Waals surface area contributed by atoms with E-state index >= 15 is 0 Å². The van der Waals surface area contributed by atoms with Gasteiger partial charge in [0.05, 0.1) is 4.90 Å². The van der Waals surface area contributed by atoms with Crippen LogP contribution in [-0.4, -0.2) is 25.5 Å². The average molecular weight is 300 g/mol. The summed E-state index contributed by atoms with van der Waals surface area (Å²) in [5.74, 6) is 1.13. The van der Waals surface area contributed by atoms with E-state index < -0.39 is 10.0 Å². The lowest BCUT2D eigenvalue weighted by Crippen LogP contribution is -2.26. The van der Waals surface area contributed by atoms with E-state index in [2.05, 4.69) is 12.2 Å². The molecule has 4 nitrogen and oxygen atoms in total. The Morgan fingerprint density at radius 2 is 2.00 bits per heavy atom. The fourth-order valence-electron chi connectivity index (χ4n) is 2.46. The zero-order valence-electron chi connectivity index (χ0n) is 11.0. The molecule has 1 fully saturated rings. The molecule has 1 saturated carbocycles. The van der Waals surface area contributed by atoms with Crippen LogP contribution in [0.5, 0.6) is 0 Å². The second kappa shape index (κ2) is 6.15. The Hall–Kier alpha value is -0.720. The summed E-state index contributed by atoms with van der Waals surface area (Å²) in [6.07, 6.45) is 3.69. The van der Waals surface area contributed by atoms with Crippen molar-refractivity contribution >= 4 is 27.5 Å². The Morgan fingerprint density at radius 3 is 2.58 bits per heavy atom. The second-order valence-electron chi connectivity index (χ2n) is 4.74. The van der Waals surface area contributed by atoms with Crippen LogP contribution in [-0.2, 0) is 10.0 Å². The lowest BCUT2D eigenvalue weighted by Gasteiger charge is -2.21. The molecular formula is C13H20N2O2S2. The molecule has 2 rings (SSSR count). The first kappa shape index (κ1) is 14.7. The molecule has 0 aromatic heterocycles. The number of nitrogens with two attached hydrogens (primary N) is 1. The Balaban J connectivity index is 2.03. The quantitative estimate of drug-likeness (QED) is 0.876. The van der Waals surface area contributed by atoms with Gasteiger partial charge >= 0.3 is 0 Å². The van der Waals surface area contributed by atoms with E-state index in [1.807, 2.05) is 11.8 Å². The summed E-state index contributed by atoms with van der Waals surface area (Å²) in [5, 5.41) is 9.23. The average Bonchev–Trinajstić information content (AvgIpc) is 2.77. The van der Waals surface area contributed by atoms with E-state index in [1.54, 1.807) is 24.3 Å². The minimum absolute atomic E-state index is 0.156. The number of hydrogen-bond acceptors (Lipinski definition) is 4. The molecule has 2 unspecified atom stereocenters. The molecule has 0 spiro atoms. The van der Waals surface area contributed by atoms with E-state index in [0.29, 0.717) is 11.3 Å². The van der Waals surface area contributed by atoms with Gasteiger partial charge in [0.1, 0.15) is 0 Å². The molecule has 0 aliphatic heterocycles. The van der Waals surface area contributed by atoms with E-state index in [0.717, 1.165) is 11.4 Å². The predicted octanol–water partition coefficient (Wildman–Crippen LogP) is 2.42. The molecule has 1 aliphatic rings. The highest BCUT2D eigenvalue weighted by Crippen LogP contribution is 2.32. The minimum atomic E-state index is -3.60. The van der Waals surface area contributed by atoms with Crippen molar-refractivity contribution in [3.8, 4) is 0 Å². The van der Waals surface area contributed by atoms with Crippen molar-refractivity contribution in [1.82, 2.24) is 0 Å². The van der Waals surface area contributed by atoms with E-state index in [-0.39, 0.29) is 4.90 Å². The first-order valence-corrected chi connectivity index (χ1v) is 9.11. The van der Waals surface area contributed by atoms with Crippen molar-refractivity contribution in [3.05, 3.63) is 24.3 Å². The molecule has 3 N–H and O–H groups in total. The van der Waals surface area contributed by atoms with Crippen LogP contribution < -0.4 is 10.5 Å². The number of rotatable bonds is 5. The SMILES string of the molecule is CCSC1CCCC1Nc1ccc(S(N)(=O)=O)cc1. The Bertz CT molecular complexity index is 514. The topological polar surface area (TPSA) is 72.2 Å². The maximum Gasteiger partial charge on any atom is 0.238 e. The number of hydrogen-bond donors (Lipinski definition) is 2. The molecule has 1 aromatic rings. The van der Waals surface area contributed by atoms with Gasteiger partial charge in [0.25, 0.3) is 0 Å². The van der Waals surface area contributed by atoms with Crippen LogP contribution in [0.4, 0.5) is 5.69 Å². The summed E-state index contributed by atoms with van der Waals surface area (Å²) in [6.45, 7) is 2.18. The number of benzene rings is 1.